The van der Waals surface area contributed by atoms with Gasteiger partial charge in [0.05, 0.1) is 0 Å². The van der Waals surface area contributed by atoms with E-state index in [-0.39, 0.29) is 0 Å². The standard InChI is InChI=1S/C15H16N2S/c1-11(15-3-2-8-18-15)17-10-12-4-5-13-6-7-16-14(13)9-12/h2-9,11,16-17H,10H2,1H3. The Balaban J connectivity index is 1.69. The van der Waals surface area contributed by atoms with Crippen molar-refractivity contribution in [3.63, 3.8) is 0 Å². The van der Waals surface area contributed by atoms with Gasteiger partial charge in [0.15, 0.2) is 0 Å². The Bertz CT molecular complexity index is 625. The summed E-state index contributed by atoms with van der Waals surface area (Å²) in [5.74, 6) is 0. The summed E-state index contributed by atoms with van der Waals surface area (Å²) in [5, 5.41) is 6.95. The first-order chi connectivity index (χ1) is 8.83. The molecule has 2 N–H and O–H groups in total. The van der Waals surface area contributed by atoms with Gasteiger partial charge in [0.1, 0.15) is 0 Å². The van der Waals surface area contributed by atoms with Crippen molar-refractivity contribution in [1.29, 1.82) is 0 Å². The summed E-state index contributed by atoms with van der Waals surface area (Å²) in [5.41, 5.74) is 2.52. The lowest BCUT2D eigenvalue weighted by molar-refractivity contribution is 0.583. The fourth-order valence-corrected chi connectivity index (χ4v) is 2.87. The highest BCUT2D eigenvalue weighted by molar-refractivity contribution is 7.10. The summed E-state index contributed by atoms with van der Waals surface area (Å²) >= 11 is 1.80. The average Bonchev–Trinajstić information content (AvgIpc) is 3.05. The summed E-state index contributed by atoms with van der Waals surface area (Å²) in [6.45, 7) is 3.10. The number of thiophene rings is 1. The molecule has 92 valence electrons. The molecule has 3 aromatic rings. The van der Waals surface area contributed by atoms with Gasteiger partial charge in [0.25, 0.3) is 0 Å². The first kappa shape index (κ1) is 11.5. The molecular weight excluding hydrogens is 240 g/mol. The number of hydrogen-bond acceptors (Lipinski definition) is 2. The fourth-order valence-electron chi connectivity index (χ4n) is 2.11. The molecule has 1 atom stereocenters. The van der Waals surface area contributed by atoms with E-state index in [9.17, 15) is 0 Å². The van der Waals surface area contributed by atoms with Crippen LogP contribution >= 0.6 is 11.3 Å². The molecule has 2 heterocycles. The summed E-state index contributed by atoms with van der Waals surface area (Å²) < 4.78 is 0. The minimum atomic E-state index is 0.407. The number of fused-ring (bicyclic) bond motifs is 1. The average molecular weight is 256 g/mol. The lowest BCUT2D eigenvalue weighted by Gasteiger charge is -2.12. The van der Waals surface area contributed by atoms with Crippen LogP contribution in [0.5, 0.6) is 0 Å². The molecule has 2 aromatic heterocycles. The Morgan fingerprint density at radius 3 is 3.06 bits per heavy atom. The first-order valence-electron chi connectivity index (χ1n) is 6.16. The molecule has 0 bridgehead atoms. The zero-order valence-electron chi connectivity index (χ0n) is 10.3. The van der Waals surface area contributed by atoms with Crippen molar-refractivity contribution in [2.24, 2.45) is 0 Å². The van der Waals surface area contributed by atoms with E-state index < -0.39 is 0 Å². The van der Waals surface area contributed by atoms with E-state index in [1.807, 2.05) is 6.20 Å². The number of nitrogens with one attached hydrogen (secondary N) is 2. The normalized spacial score (nSPS) is 12.9. The minimum Gasteiger partial charge on any atom is -0.361 e. The minimum absolute atomic E-state index is 0.407. The molecule has 0 saturated carbocycles. The Labute approximate surface area is 111 Å². The highest BCUT2D eigenvalue weighted by Crippen LogP contribution is 2.19. The molecular formula is C15H16N2S. The van der Waals surface area contributed by atoms with Crippen LogP contribution in [0.2, 0.25) is 0 Å². The summed E-state index contributed by atoms with van der Waals surface area (Å²) in [6.07, 6.45) is 1.98. The smallest absolute Gasteiger partial charge is 0.0457 e. The third-order valence-electron chi connectivity index (χ3n) is 3.20. The molecule has 0 saturated heterocycles. The lowest BCUT2D eigenvalue weighted by Crippen LogP contribution is -2.16. The summed E-state index contributed by atoms with van der Waals surface area (Å²) in [6, 6.07) is 13.3. The van der Waals surface area contributed by atoms with Gasteiger partial charge in [-0.1, -0.05) is 18.2 Å². The maximum atomic E-state index is 3.55. The molecule has 0 aliphatic carbocycles. The van der Waals surface area contributed by atoms with Crippen LogP contribution in [0.3, 0.4) is 0 Å². The molecule has 1 unspecified atom stereocenters. The van der Waals surface area contributed by atoms with Gasteiger partial charge in [-0.25, -0.2) is 0 Å². The second-order valence-electron chi connectivity index (χ2n) is 4.52. The predicted octanol–water partition coefficient (Wildman–Crippen LogP) is 4.08. The van der Waals surface area contributed by atoms with Gasteiger partial charge in [0.2, 0.25) is 0 Å². The predicted molar refractivity (Wildman–Crippen MR) is 77.9 cm³/mol. The van der Waals surface area contributed by atoms with Crippen LogP contribution in [0.4, 0.5) is 0 Å². The maximum Gasteiger partial charge on any atom is 0.0457 e. The molecule has 3 rings (SSSR count). The molecule has 0 fully saturated rings. The Morgan fingerprint density at radius 1 is 1.28 bits per heavy atom. The monoisotopic (exact) mass is 256 g/mol. The number of H-pyrrole nitrogens is 1. The van der Waals surface area contributed by atoms with E-state index >= 15 is 0 Å². The third kappa shape index (κ3) is 2.33. The number of benzene rings is 1. The van der Waals surface area contributed by atoms with E-state index in [4.69, 9.17) is 0 Å². The maximum absolute atomic E-state index is 3.55. The van der Waals surface area contributed by atoms with Crippen molar-refractivity contribution >= 4 is 22.2 Å². The van der Waals surface area contributed by atoms with E-state index in [1.165, 1.54) is 21.3 Å². The zero-order valence-corrected chi connectivity index (χ0v) is 11.1. The second-order valence-corrected chi connectivity index (χ2v) is 5.50. The number of hydrogen-bond donors (Lipinski definition) is 2. The van der Waals surface area contributed by atoms with Crippen molar-refractivity contribution in [3.8, 4) is 0 Å². The first-order valence-corrected chi connectivity index (χ1v) is 7.04. The molecule has 0 aliphatic heterocycles. The molecule has 18 heavy (non-hydrogen) atoms. The quantitative estimate of drug-likeness (QED) is 0.723. The number of aromatic nitrogens is 1. The van der Waals surface area contributed by atoms with Crippen molar-refractivity contribution < 1.29 is 0 Å². The van der Waals surface area contributed by atoms with Gasteiger partial charge in [-0.05, 0) is 41.5 Å². The largest absolute Gasteiger partial charge is 0.361 e. The number of rotatable bonds is 4. The van der Waals surface area contributed by atoms with E-state index in [0.717, 1.165) is 6.54 Å². The molecule has 3 heteroatoms. The SMILES string of the molecule is CC(NCc1ccc2cc[nH]c2c1)c1cccs1. The Morgan fingerprint density at radius 2 is 2.22 bits per heavy atom. The van der Waals surface area contributed by atoms with E-state index in [2.05, 4.69) is 59.0 Å². The van der Waals surface area contributed by atoms with Gasteiger partial charge < -0.3 is 10.3 Å². The van der Waals surface area contributed by atoms with Crippen LogP contribution in [0.1, 0.15) is 23.4 Å². The van der Waals surface area contributed by atoms with Crippen LogP contribution in [0.15, 0.2) is 48.0 Å². The van der Waals surface area contributed by atoms with Crippen LogP contribution < -0.4 is 5.32 Å². The molecule has 0 aliphatic rings. The molecule has 0 radical (unpaired) electrons. The lowest BCUT2D eigenvalue weighted by atomic mass is 10.1. The molecule has 1 aromatic carbocycles. The van der Waals surface area contributed by atoms with Crippen LogP contribution in [-0.2, 0) is 6.54 Å². The Hall–Kier alpha value is -1.58. The number of aromatic amines is 1. The highest BCUT2D eigenvalue weighted by atomic mass is 32.1. The zero-order chi connectivity index (χ0) is 12.4. The van der Waals surface area contributed by atoms with Crippen LogP contribution in [0, 0.1) is 0 Å². The van der Waals surface area contributed by atoms with Gasteiger partial charge >= 0.3 is 0 Å². The molecule has 0 amide bonds. The highest BCUT2D eigenvalue weighted by Gasteiger charge is 2.05. The van der Waals surface area contributed by atoms with Crippen molar-refractivity contribution in [2.45, 2.75) is 19.5 Å². The van der Waals surface area contributed by atoms with Gasteiger partial charge in [0, 0.05) is 29.2 Å². The van der Waals surface area contributed by atoms with Gasteiger partial charge in [-0.3, -0.25) is 0 Å². The van der Waals surface area contributed by atoms with Crippen molar-refractivity contribution in [3.05, 3.63) is 58.4 Å². The van der Waals surface area contributed by atoms with Crippen molar-refractivity contribution in [1.82, 2.24) is 10.3 Å². The topological polar surface area (TPSA) is 27.8 Å². The Kier molecular flexibility index (Phi) is 3.17. The van der Waals surface area contributed by atoms with Crippen molar-refractivity contribution in [2.75, 3.05) is 0 Å². The van der Waals surface area contributed by atoms with E-state index in [0.29, 0.717) is 6.04 Å². The van der Waals surface area contributed by atoms with Crippen LogP contribution in [0.25, 0.3) is 10.9 Å². The van der Waals surface area contributed by atoms with E-state index in [1.54, 1.807) is 11.3 Å². The summed E-state index contributed by atoms with van der Waals surface area (Å²) in [4.78, 5) is 4.63. The molecule has 2 nitrogen and oxygen atoms in total. The third-order valence-corrected chi connectivity index (χ3v) is 4.26. The fraction of sp³-hybridized carbons (Fsp3) is 0.200. The second kappa shape index (κ2) is 4.96. The molecule has 0 spiro atoms. The van der Waals surface area contributed by atoms with Crippen LogP contribution in [-0.4, -0.2) is 4.98 Å². The van der Waals surface area contributed by atoms with Gasteiger partial charge in [-0.2, -0.15) is 0 Å². The van der Waals surface area contributed by atoms with Gasteiger partial charge in [-0.15, -0.1) is 11.3 Å². The summed E-state index contributed by atoms with van der Waals surface area (Å²) in [7, 11) is 0.